The number of esters is 2. The fourth-order valence-corrected chi connectivity index (χ4v) is 2.36. The molecule has 0 fully saturated rings. The number of nitrogens with one attached hydrogen (secondary N) is 8. The zero-order chi connectivity index (χ0) is 28.5. The van der Waals surface area contributed by atoms with Crippen LogP contribution in [0, 0.1) is 0 Å². The van der Waals surface area contributed by atoms with Crippen LogP contribution in [-0.2, 0) is 47.8 Å². The number of hydrogen-bond acceptors (Lipinski definition) is 12. The van der Waals surface area contributed by atoms with Crippen LogP contribution >= 0.6 is 0 Å². The van der Waals surface area contributed by atoms with Gasteiger partial charge in [-0.05, 0) is 0 Å². The van der Waals surface area contributed by atoms with Gasteiger partial charge in [0, 0.05) is 12.4 Å². The summed E-state index contributed by atoms with van der Waals surface area (Å²) in [4.78, 5) is 95.4. The molecule has 18 heteroatoms. The third kappa shape index (κ3) is 12.5. The minimum Gasteiger partial charge on any atom is -0.464 e. The van der Waals surface area contributed by atoms with Crippen molar-refractivity contribution in [1.29, 1.82) is 0 Å². The summed E-state index contributed by atoms with van der Waals surface area (Å²) in [6.07, 6.45) is 1.96. The molecule has 208 valence electrons. The highest BCUT2D eigenvalue weighted by molar-refractivity contribution is 5.96. The fourth-order valence-electron chi connectivity index (χ4n) is 2.36. The smallest absolute Gasteiger partial charge is 0.356 e. The minimum atomic E-state index is -0.958. The maximum atomic E-state index is 12.1. The van der Waals surface area contributed by atoms with Gasteiger partial charge in [-0.15, -0.1) is 0 Å². The summed E-state index contributed by atoms with van der Waals surface area (Å²) < 4.78 is 9.06. The van der Waals surface area contributed by atoms with Crippen molar-refractivity contribution in [1.82, 2.24) is 42.5 Å². The van der Waals surface area contributed by atoms with Gasteiger partial charge in [-0.25, -0.2) is 9.59 Å². The predicted octanol–water partition coefficient (Wildman–Crippen LogP) is -6.09. The first kappa shape index (κ1) is 30.9. The van der Waals surface area contributed by atoms with Crippen molar-refractivity contribution >= 4 is 47.4 Å². The van der Waals surface area contributed by atoms with Crippen LogP contribution in [0.2, 0.25) is 0 Å². The molecule has 0 saturated heterocycles. The summed E-state index contributed by atoms with van der Waals surface area (Å²) in [5, 5.41) is 18.2. The van der Waals surface area contributed by atoms with Crippen molar-refractivity contribution in [3.63, 3.8) is 0 Å². The Hall–Kier alpha value is -5.16. The Labute approximate surface area is 215 Å². The molecule has 18 nitrogen and oxygen atoms in total. The van der Waals surface area contributed by atoms with E-state index in [0.29, 0.717) is 0 Å². The number of carbonyl (C=O) groups excluding carboxylic acids is 8. The molecule has 0 aromatic heterocycles. The van der Waals surface area contributed by atoms with E-state index in [1.165, 1.54) is 0 Å². The lowest BCUT2D eigenvalue weighted by atomic mass is 10.4. The van der Waals surface area contributed by atoms with Crippen LogP contribution in [-0.4, -0.2) is 101 Å². The van der Waals surface area contributed by atoms with Crippen molar-refractivity contribution in [3.8, 4) is 0 Å². The number of ether oxygens (including phenoxy) is 2. The maximum absolute atomic E-state index is 12.1. The molecule has 1 aliphatic rings. The predicted molar refractivity (Wildman–Crippen MR) is 125 cm³/mol. The van der Waals surface area contributed by atoms with E-state index in [1.54, 1.807) is 0 Å². The molecule has 0 saturated carbocycles. The van der Waals surface area contributed by atoms with Gasteiger partial charge in [0.15, 0.2) is 0 Å². The van der Waals surface area contributed by atoms with Crippen LogP contribution in [0.1, 0.15) is 0 Å². The summed E-state index contributed by atoms with van der Waals surface area (Å²) in [6, 6.07) is 0. The molecule has 0 bridgehead atoms. The lowest BCUT2D eigenvalue weighted by Crippen LogP contribution is -2.45. The van der Waals surface area contributed by atoms with Crippen LogP contribution in [0.3, 0.4) is 0 Å². The summed E-state index contributed by atoms with van der Waals surface area (Å²) in [5.41, 5.74) is -0.756. The van der Waals surface area contributed by atoms with E-state index in [-0.39, 0.29) is 11.4 Å². The molecule has 0 radical (unpaired) electrons. The van der Waals surface area contributed by atoms with Gasteiger partial charge in [0.2, 0.25) is 35.4 Å². The van der Waals surface area contributed by atoms with Gasteiger partial charge < -0.3 is 52.0 Å². The van der Waals surface area contributed by atoms with Gasteiger partial charge in [0.1, 0.15) is 11.4 Å². The summed E-state index contributed by atoms with van der Waals surface area (Å²) in [7, 11) is 2.11. The van der Waals surface area contributed by atoms with Crippen LogP contribution < -0.4 is 42.5 Å². The lowest BCUT2D eigenvalue weighted by molar-refractivity contribution is -0.138. The SMILES string of the molecule is COC(=O)/C1=C/NCC(=O)NCC(=O)NCC(=O)N/C(C(=O)OC)=C\NCC(=O)NCC(=O)NCC(=O)N1. The average molecular weight is 540 g/mol. The molecule has 0 aliphatic carbocycles. The lowest BCUT2D eigenvalue weighted by Gasteiger charge is -2.12. The molecule has 0 atom stereocenters. The molecule has 1 aliphatic heterocycles. The van der Waals surface area contributed by atoms with Gasteiger partial charge in [-0.3, -0.25) is 28.8 Å². The Bertz CT molecular complexity index is 943. The molecule has 1 rings (SSSR count). The standard InChI is InChI=1S/C20H28N8O10/c1-37-19(35)11-3-21-5-13(29)23-8-16(32)26-10-18(34)28-12(20(36)38-2)4-22-6-14(30)24-7-15(31)25-9-17(33)27-11/h3-4,21-22H,5-10H2,1-2H3,(H,23,29)(H,24,30)(H,25,31)(H,26,32)(H,27,33)(H,28,34)/b11-3-,12-4-. The Balaban J connectivity index is 2.94. The molecule has 0 unspecified atom stereocenters. The molecule has 1 heterocycles. The Kier molecular flexibility index (Phi) is 13.4. The number of methoxy groups -OCH3 is 2. The first-order valence-corrected chi connectivity index (χ1v) is 10.8. The highest BCUT2D eigenvalue weighted by Crippen LogP contribution is 1.92. The second-order valence-electron chi connectivity index (χ2n) is 7.06. The van der Waals surface area contributed by atoms with Crippen molar-refractivity contribution < 1.29 is 47.8 Å². The molecular formula is C20H28N8O10. The van der Waals surface area contributed by atoms with Crippen molar-refractivity contribution in [2.75, 3.05) is 53.5 Å². The average Bonchev–Trinajstić information content (AvgIpc) is 2.90. The monoisotopic (exact) mass is 540 g/mol. The molecule has 38 heavy (non-hydrogen) atoms. The van der Waals surface area contributed by atoms with Crippen LogP contribution in [0.5, 0.6) is 0 Å². The van der Waals surface area contributed by atoms with Crippen LogP contribution in [0.4, 0.5) is 0 Å². The van der Waals surface area contributed by atoms with E-state index in [0.717, 1.165) is 26.6 Å². The molecule has 6 amide bonds. The van der Waals surface area contributed by atoms with Gasteiger partial charge in [-0.2, -0.15) is 0 Å². The number of carbonyl (C=O) groups is 8. The van der Waals surface area contributed by atoms with E-state index in [2.05, 4.69) is 52.0 Å². The van der Waals surface area contributed by atoms with Gasteiger partial charge >= 0.3 is 11.9 Å². The first-order valence-electron chi connectivity index (χ1n) is 10.8. The van der Waals surface area contributed by atoms with E-state index >= 15 is 0 Å². The Morgan fingerprint density at radius 2 is 0.816 bits per heavy atom. The highest BCUT2D eigenvalue weighted by atomic mass is 16.5. The van der Waals surface area contributed by atoms with Crippen LogP contribution in [0.25, 0.3) is 0 Å². The summed E-state index contributed by atoms with van der Waals surface area (Å²) >= 11 is 0. The minimum absolute atomic E-state index is 0.378. The molecule has 0 spiro atoms. The summed E-state index contributed by atoms with van der Waals surface area (Å²) in [6.45, 7) is -2.98. The van der Waals surface area contributed by atoms with E-state index in [1.807, 2.05) is 0 Å². The maximum Gasteiger partial charge on any atom is 0.356 e. The van der Waals surface area contributed by atoms with Crippen LogP contribution in [0.15, 0.2) is 23.8 Å². The zero-order valence-electron chi connectivity index (χ0n) is 20.5. The third-order valence-corrected chi connectivity index (χ3v) is 4.16. The van der Waals surface area contributed by atoms with Crippen molar-refractivity contribution in [2.45, 2.75) is 0 Å². The van der Waals surface area contributed by atoms with Crippen molar-refractivity contribution in [3.05, 3.63) is 23.8 Å². The Morgan fingerprint density at radius 1 is 0.526 bits per heavy atom. The zero-order valence-corrected chi connectivity index (χ0v) is 20.5. The number of amides is 6. The number of rotatable bonds is 2. The molecular weight excluding hydrogens is 512 g/mol. The molecule has 8 N–H and O–H groups in total. The third-order valence-electron chi connectivity index (χ3n) is 4.16. The summed E-state index contributed by atoms with van der Waals surface area (Å²) in [5.74, 6) is -6.38. The van der Waals surface area contributed by atoms with E-state index in [4.69, 9.17) is 0 Å². The molecule has 0 aromatic carbocycles. The fraction of sp³-hybridized carbons (Fsp3) is 0.400. The highest BCUT2D eigenvalue weighted by Gasteiger charge is 2.17. The van der Waals surface area contributed by atoms with Gasteiger partial charge in [-0.1, -0.05) is 0 Å². The largest absolute Gasteiger partial charge is 0.464 e. The van der Waals surface area contributed by atoms with Gasteiger partial charge in [0.05, 0.1) is 53.5 Å². The van der Waals surface area contributed by atoms with E-state index in [9.17, 15) is 38.4 Å². The molecule has 0 aromatic rings. The Morgan fingerprint density at radius 3 is 1.13 bits per heavy atom. The first-order chi connectivity index (χ1) is 18.0. The van der Waals surface area contributed by atoms with Crippen molar-refractivity contribution in [2.24, 2.45) is 0 Å². The quantitative estimate of drug-likeness (QED) is 0.152. The second kappa shape index (κ2) is 16.5. The topological polar surface area (TPSA) is 251 Å². The number of hydrogen-bond donors (Lipinski definition) is 8. The van der Waals surface area contributed by atoms with E-state index < -0.39 is 86.7 Å². The van der Waals surface area contributed by atoms with Gasteiger partial charge in [0.25, 0.3) is 0 Å². The second-order valence-corrected chi connectivity index (χ2v) is 7.06. The normalized spacial score (nSPS) is 20.3.